The van der Waals surface area contributed by atoms with Crippen molar-refractivity contribution < 1.29 is 18.0 Å². The van der Waals surface area contributed by atoms with Crippen LogP contribution in [0.25, 0.3) is 11.0 Å². The summed E-state index contributed by atoms with van der Waals surface area (Å²) in [5, 5.41) is 5.36. The Morgan fingerprint density at radius 2 is 1.81 bits per heavy atom. The van der Waals surface area contributed by atoms with E-state index in [9.17, 15) is 18.0 Å². The highest BCUT2D eigenvalue weighted by atomic mass is 35.5. The summed E-state index contributed by atoms with van der Waals surface area (Å²) in [6.07, 6.45) is -3.15. The van der Waals surface area contributed by atoms with E-state index in [1.807, 2.05) is 0 Å². The molecule has 0 spiro atoms. The predicted molar refractivity (Wildman–Crippen MR) is 101 cm³/mol. The number of rotatable bonds is 4. The van der Waals surface area contributed by atoms with Crippen LogP contribution < -0.4 is 10.6 Å². The molecule has 1 aromatic carbocycles. The Kier molecular flexibility index (Phi) is 8.67. The summed E-state index contributed by atoms with van der Waals surface area (Å²) >= 11 is 0. The lowest BCUT2D eigenvalue weighted by Crippen LogP contribution is -2.57. The zero-order valence-corrected chi connectivity index (χ0v) is 15.8. The number of carbonyl (C=O) groups excluding carboxylic acids is 1. The smallest absolute Gasteiger partial charge is 0.349 e. The van der Waals surface area contributed by atoms with Crippen LogP contribution >= 0.6 is 24.8 Å². The Bertz CT molecular complexity index is 756. The van der Waals surface area contributed by atoms with E-state index in [0.29, 0.717) is 24.1 Å². The molecule has 1 fully saturated rings. The van der Waals surface area contributed by atoms with Gasteiger partial charge >= 0.3 is 6.18 Å². The topological polar surface area (TPSA) is 70.2 Å². The van der Waals surface area contributed by atoms with Crippen molar-refractivity contribution >= 4 is 41.8 Å². The third kappa shape index (κ3) is 5.90. The maximum Gasteiger partial charge on any atom is 0.405 e. The molecule has 3 rings (SSSR count). The van der Waals surface area contributed by atoms with E-state index < -0.39 is 24.7 Å². The van der Waals surface area contributed by atoms with E-state index in [1.165, 1.54) is 11.1 Å². The molecule has 6 nitrogen and oxygen atoms in total. The van der Waals surface area contributed by atoms with Gasteiger partial charge in [0.1, 0.15) is 11.7 Å². The Labute approximate surface area is 166 Å². The molecule has 1 unspecified atom stereocenters. The molecule has 1 aliphatic heterocycles. The first kappa shape index (κ1) is 23.4. The van der Waals surface area contributed by atoms with Crippen molar-refractivity contribution in [2.24, 2.45) is 0 Å². The number of benzene rings is 1. The summed E-state index contributed by atoms with van der Waals surface area (Å²) in [7, 11) is 0. The number of halogens is 5. The van der Waals surface area contributed by atoms with Crippen molar-refractivity contribution in [1.82, 2.24) is 25.5 Å². The number of carbonyl (C=O) groups is 1. The lowest BCUT2D eigenvalue weighted by atomic mass is 10.2. The average molecular weight is 426 g/mol. The molecule has 0 radical (unpaired) electrons. The number of amides is 1. The number of hydrogen-bond acceptors (Lipinski definition) is 5. The van der Waals surface area contributed by atoms with Crippen LogP contribution in [0.2, 0.25) is 0 Å². The Hall–Kier alpha value is -1.68. The number of nitrogens with one attached hydrogen (secondary N) is 2. The van der Waals surface area contributed by atoms with Crippen LogP contribution in [-0.2, 0) is 0 Å². The van der Waals surface area contributed by atoms with Gasteiger partial charge < -0.3 is 10.6 Å². The van der Waals surface area contributed by atoms with Gasteiger partial charge in [-0.15, -0.1) is 24.8 Å². The minimum atomic E-state index is -4.42. The molecule has 0 saturated carbocycles. The number of piperazine rings is 1. The quantitative estimate of drug-likeness (QED) is 0.784. The molecular formula is C16H20Cl2F3N5O. The summed E-state index contributed by atoms with van der Waals surface area (Å²) in [5.41, 5.74) is 1.14. The highest BCUT2D eigenvalue weighted by Gasteiger charge is 2.43. The molecular weight excluding hydrogens is 406 g/mol. The van der Waals surface area contributed by atoms with Crippen molar-refractivity contribution in [2.45, 2.75) is 12.2 Å². The van der Waals surface area contributed by atoms with Crippen molar-refractivity contribution in [3.8, 4) is 0 Å². The zero-order valence-electron chi connectivity index (χ0n) is 14.2. The first-order valence-electron chi connectivity index (χ1n) is 7.96. The Morgan fingerprint density at radius 3 is 2.44 bits per heavy atom. The van der Waals surface area contributed by atoms with Crippen LogP contribution in [-0.4, -0.2) is 65.7 Å². The SMILES string of the molecule is Cl.Cl.O=C(NCC(N1CCNCC1)C(F)(F)F)c1cnc2ccccc2n1. The minimum absolute atomic E-state index is 0. The van der Waals surface area contributed by atoms with Gasteiger partial charge in [0.05, 0.1) is 17.2 Å². The molecule has 2 aromatic rings. The highest BCUT2D eigenvalue weighted by Crippen LogP contribution is 2.24. The summed E-state index contributed by atoms with van der Waals surface area (Å²) in [5.74, 6) is -0.664. The molecule has 11 heteroatoms. The van der Waals surface area contributed by atoms with Crippen LogP contribution in [0.3, 0.4) is 0 Å². The number of hydrogen-bond donors (Lipinski definition) is 2. The summed E-state index contributed by atoms with van der Waals surface area (Å²) in [6, 6.07) is 5.26. The van der Waals surface area contributed by atoms with Crippen LogP contribution in [0.15, 0.2) is 30.5 Å². The second-order valence-electron chi connectivity index (χ2n) is 5.80. The maximum absolute atomic E-state index is 13.3. The third-order valence-corrected chi connectivity index (χ3v) is 4.11. The van der Waals surface area contributed by atoms with Crippen molar-refractivity contribution in [2.75, 3.05) is 32.7 Å². The van der Waals surface area contributed by atoms with Crippen molar-refractivity contribution in [3.63, 3.8) is 0 Å². The van der Waals surface area contributed by atoms with E-state index in [4.69, 9.17) is 0 Å². The van der Waals surface area contributed by atoms with Gasteiger partial charge in [-0.3, -0.25) is 14.7 Å². The van der Waals surface area contributed by atoms with Crippen LogP contribution in [0.1, 0.15) is 10.5 Å². The molecule has 1 amide bonds. The van der Waals surface area contributed by atoms with Crippen molar-refractivity contribution in [3.05, 3.63) is 36.2 Å². The number of alkyl halides is 3. The first-order chi connectivity index (χ1) is 11.9. The van der Waals surface area contributed by atoms with Gasteiger partial charge in [-0.05, 0) is 12.1 Å². The molecule has 2 N–H and O–H groups in total. The second kappa shape index (κ2) is 10.0. The van der Waals surface area contributed by atoms with Gasteiger partial charge in [0.15, 0.2) is 0 Å². The number of aromatic nitrogens is 2. The molecule has 2 heterocycles. The molecule has 1 aromatic heterocycles. The lowest BCUT2D eigenvalue weighted by Gasteiger charge is -2.35. The maximum atomic E-state index is 13.3. The number of nitrogens with zero attached hydrogens (tertiary/aromatic N) is 3. The van der Waals surface area contributed by atoms with Gasteiger partial charge in [-0.25, -0.2) is 4.98 Å². The molecule has 1 aliphatic rings. The molecule has 27 heavy (non-hydrogen) atoms. The van der Waals surface area contributed by atoms with Crippen LogP contribution in [0.4, 0.5) is 13.2 Å². The number of para-hydroxylation sites is 2. The molecule has 150 valence electrons. The molecule has 0 aliphatic carbocycles. The van der Waals surface area contributed by atoms with Crippen molar-refractivity contribution in [1.29, 1.82) is 0 Å². The van der Waals surface area contributed by atoms with Crippen LogP contribution in [0.5, 0.6) is 0 Å². The number of fused-ring (bicyclic) bond motifs is 1. The van der Waals surface area contributed by atoms with Crippen LogP contribution in [0, 0.1) is 0 Å². The fraction of sp³-hybridized carbons (Fsp3) is 0.438. The summed E-state index contributed by atoms with van der Waals surface area (Å²) in [4.78, 5) is 21.8. The van der Waals surface area contributed by atoms with E-state index >= 15 is 0 Å². The van der Waals surface area contributed by atoms with E-state index in [0.717, 1.165) is 0 Å². The van der Waals surface area contributed by atoms with E-state index in [2.05, 4.69) is 20.6 Å². The first-order valence-corrected chi connectivity index (χ1v) is 7.96. The van der Waals surface area contributed by atoms with Gasteiger partial charge in [0, 0.05) is 32.7 Å². The lowest BCUT2D eigenvalue weighted by molar-refractivity contribution is -0.183. The second-order valence-corrected chi connectivity index (χ2v) is 5.80. The largest absolute Gasteiger partial charge is 0.405 e. The van der Waals surface area contributed by atoms with E-state index in [1.54, 1.807) is 24.3 Å². The summed E-state index contributed by atoms with van der Waals surface area (Å²) in [6.45, 7) is 1.05. The Balaban J connectivity index is 0.00000182. The molecule has 1 saturated heterocycles. The van der Waals surface area contributed by atoms with E-state index in [-0.39, 0.29) is 43.6 Å². The van der Waals surface area contributed by atoms with Gasteiger partial charge in [-0.2, -0.15) is 13.2 Å². The van der Waals surface area contributed by atoms with Gasteiger partial charge in [0.2, 0.25) is 0 Å². The fourth-order valence-electron chi connectivity index (χ4n) is 2.79. The standard InChI is InChI=1S/C16H18F3N5O.2ClH/c17-16(18,19)14(24-7-5-20-6-8-24)10-22-15(25)13-9-21-11-3-1-2-4-12(11)23-13;;/h1-4,9,14,20H,5-8,10H2,(H,22,25);2*1H. The normalized spacial score (nSPS) is 16.1. The van der Waals surface area contributed by atoms with Gasteiger partial charge in [-0.1, -0.05) is 12.1 Å². The Morgan fingerprint density at radius 1 is 1.19 bits per heavy atom. The zero-order chi connectivity index (χ0) is 17.9. The average Bonchev–Trinajstić information content (AvgIpc) is 2.61. The predicted octanol–water partition coefficient (Wildman–Crippen LogP) is 2.04. The highest BCUT2D eigenvalue weighted by molar-refractivity contribution is 5.93. The molecule has 0 bridgehead atoms. The minimum Gasteiger partial charge on any atom is -0.349 e. The fourth-order valence-corrected chi connectivity index (χ4v) is 2.79. The molecule has 1 atom stereocenters. The monoisotopic (exact) mass is 425 g/mol. The van der Waals surface area contributed by atoms with Gasteiger partial charge in [0.25, 0.3) is 5.91 Å². The third-order valence-electron chi connectivity index (χ3n) is 4.11. The summed E-state index contributed by atoms with van der Waals surface area (Å²) < 4.78 is 40.0.